The molecule has 1 aliphatic heterocycles. The molecule has 0 aromatic heterocycles. The number of rotatable bonds is 4. The summed E-state index contributed by atoms with van der Waals surface area (Å²) in [4.78, 5) is 12.0. The topological polar surface area (TPSA) is 64.4 Å². The second-order valence-electron chi connectivity index (χ2n) is 4.81. The molecule has 1 fully saturated rings. The number of nitrogens with two attached hydrogens (primary N) is 1. The average Bonchev–Trinajstić information content (AvgIpc) is 2.88. The predicted molar refractivity (Wildman–Crippen MR) is 69.9 cm³/mol. The number of hydrogen-bond acceptors (Lipinski definition) is 3. The molecule has 1 amide bonds. The van der Waals surface area contributed by atoms with Crippen LogP contribution in [-0.2, 0) is 9.53 Å². The molecule has 1 aromatic carbocycles. The molecule has 1 aliphatic rings. The van der Waals surface area contributed by atoms with Crippen LogP contribution in [-0.4, -0.2) is 24.7 Å². The van der Waals surface area contributed by atoms with Gasteiger partial charge in [0.25, 0.3) is 0 Å². The van der Waals surface area contributed by atoms with E-state index in [0.717, 1.165) is 6.42 Å². The van der Waals surface area contributed by atoms with E-state index >= 15 is 0 Å². The van der Waals surface area contributed by atoms with Gasteiger partial charge in [-0.15, -0.1) is 0 Å². The lowest BCUT2D eigenvalue weighted by Crippen LogP contribution is -2.37. The van der Waals surface area contributed by atoms with E-state index in [9.17, 15) is 9.18 Å². The van der Waals surface area contributed by atoms with Crippen LogP contribution in [0.1, 0.15) is 31.4 Å². The Morgan fingerprint density at radius 1 is 1.53 bits per heavy atom. The monoisotopic (exact) mass is 266 g/mol. The maximum absolute atomic E-state index is 13.6. The van der Waals surface area contributed by atoms with Crippen molar-refractivity contribution in [2.24, 2.45) is 5.73 Å². The lowest BCUT2D eigenvalue weighted by molar-refractivity contribution is -0.132. The van der Waals surface area contributed by atoms with Crippen LogP contribution in [0.25, 0.3) is 0 Å². The molecule has 2 rings (SSSR count). The molecule has 3 N–H and O–H groups in total. The van der Waals surface area contributed by atoms with Gasteiger partial charge in [0.05, 0.1) is 12.1 Å². The maximum Gasteiger partial charge on any atom is 0.249 e. The highest BCUT2D eigenvalue weighted by Crippen LogP contribution is 2.21. The number of nitrogens with one attached hydrogen (secondary N) is 1. The molecule has 5 heteroatoms. The molecule has 1 saturated heterocycles. The highest BCUT2D eigenvalue weighted by molar-refractivity contribution is 5.81. The normalized spacial score (nSPS) is 24.2. The summed E-state index contributed by atoms with van der Waals surface area (Å²) in [7, 11) is 0. The molecule has 104 valence electrons. The number of ether oxygens (including phenoxy) is 1. The van der Waals surface area contributed by atoms with Gasteiger partial charge in [-0.3, -0.25) is 4.79 Å². The van der Waals surface area contributed by atoms with Crippen LogP contribution in [0, 0.1) is 5.82 Å². The first-order chi connectivity index (χ1) is 9.11. The third-order valence-corrected chi connectivity index (χ3v) is 3.39. The second-order valence-corrected chi connectivity index (χ2v) is 4.81. The summed E-state index contributed by atoms with van der Waals surface area (Å²) in [6.45, 7) is 2.18. The Bertz CT molecular complexity index is 453. The molecule has 0 radical (unpaired) electrons. The summed E-state index contributed by atoms with van der Waals surface area (Å²) in [6.07, 6.45) is 0.947. The average molecular weight is 266 g/mol. The van der Waals surface area contributed by atoms with Crippen molar-refractivity contribution in [2.45, 2.75) is 38.0 Å². The fraction of sp³-hybridized carbons (Fsp3) is 0.500. The molecule has 1 heterocycles. The van der Waals surface area contributed by atoms with E-state index in [4.69, 9.17) is 10.5 Å². The Morgan fingerprint density at radius 2 is 2.26 bits per heavy atom. The number of benzene rings is 1. The van der Waals surface area contributed by atoms with Crippen LogP contribution in [0.2, 0.25) is 0 Å². The van der Waals surface area contributed by atoms with E-state index in [1.165, 1.54) is 6.07 Å². The summed E-state index contributed by atoms with van der Waals surface area (Å²) in [5.74, 6) is -0.519. The zero-order valence-electron chi connectivity index (χ0n) is 10.9. The Balaban J connectivity index is 1.94. The molecule has 0 aliphatic carbocycles. The molecule has 0 saturated carbocycles. The number of halogens is 1. The highest BCUT2D eigenvalue weighted by atomic mass is 19.1. The van der Waals surface area contributed by atoms with Crippen molar-refractivity contribution in [2.75, 3.05) is 6.54 Å². The van der Waals surface area contributed by atoms with Crippen LogP contribution in [0.15, 0.2) is 24.3 Å². The molecule has 0 spiro atoms. The minimum atomic E-state index is -0.470. The molecule has 3 atom stereocenters. The van der Waals surface area contributed by atoms with Crippen molar-refractivity contribution in [1.29, 1.82) is 0 Å². The minimum Gasteiger partial charge on any atom is -0.364 e. The van der Waals surface area contributed by atoms with Crippen LogP contribution in [0.5, 0.6) is 0 Å². The van der Waals surface area contributed by atoms with Crippen LogP contribution < -0.4 is 11.1 Å². The summed E-state index contributed by atoms with van der Waals surface area (Å²) >= 11 is 0. The summed E-state index contributed by atoms with van der Waals surface area (Å²) < 4.78 is 19.1. The van der Waals surface area contributed by atoms with Gasteiger partial charge in [0.15, 0.2) is 0 Å². The third kappa shape index (κ3) is 3.30. The fourth-order valence-corrected chi connectivity index (χ4v) is 2.28. The van der Waals surface area contributed by atoms with Gasteiger partial charge < -0.3 is 15.8 Å². The fourth-order valence-electron chi connectivity index (χ4n) is 2.28. The minimum absolute atomic E-state index is 0.0421. The van der Waals surface area contributed by atoms with E-state index in [2.05, 4.69) is 5.32 Å². The van der Waals surface area contributed by atoms with Crippen molar-refractivity contribution in [3.05, 3.63) is 35.6 Å². The van der Waals surface area contributed by atoms with Gasteiger partial charge in [-0.05, 0) is 25.8 Å². The van der Waals surface area contributed by atoms with Gasteiger partial charge in [-0.25, -0.2) is 4.39 Å². The first-order valence-electron chi connectivity index (χ1n) is 6.52. The molecule has 2 unspecified atom stereocenters. The van der Waals surface area contributed by atoms with E-state index < -0.39 is 6.10 Å². The first-order valence-corrected chi connectivity index (χ1v) is 6.52. The Hall–Kier alpha value is -1.46. The summed E-state index contributed by atoms with van der Waals surface area (Å²) in [5, 5.41) is 2.78. The van der Waals surface area contributed by atoms with Gasteiger partial charge in [0.1, 0.15) is 11.9 Å². The highest BCUT2D eigenvalue weighted by Gasteiger charge is 2.30. The Kier molecular flexibility index (Phi) is 4.50. The molecule has 4 nitrogen and oxygen atoms in total. The Labute approximate surface area is 112 Å². The molecular formula is C14H19FN2O2. The van der Waals surface area contributed by atoms with Crippen molar-refractivity contribution in [3.63, 3.8) is 0 Å². The van der Waals surface area contributed by atoms with Gasteiger partial charge >= 0.3 is 0 Å². The molecule has 0 bridgehead atoms. The number of amides is 1. The van der Waals surface area contributed by atoms with E-state index in [1.54, 1.807) is 25.1 Å². The number of carbonyl (C=O) groups excluding carboxylic acids is 1. The zero-order valence-corrected chi connectivity index (χ0v) is 10.9. The van der Waals surface area contributed by atoms with Gasteiger partial charge in [-0.2, -0.15) is 0 Å². The predicted octanol–water partition coefficient (Wildman–Crippen LogP) is 1.51. The van der Waals surface area contributed by atoms with Crippen molar-refractivity contribution in [1.82, 2.24) is 5.32 Å². The van der Waals surface area contributed by atoms with Crippen molar-refractivity contribution >= 4 is 5.91 Å². The van der Waals surface area contributed by atoms with Crippen molar-refractivity contribution in [3.8, 4) is 0 Å². The van der Waals surface area contributed by atoms with Crippen LogP contribution in [0.3, 0.4) is 0 Å². The standard InChI is InChI=1S/C14H19FN2O2/c1-9(11-4-2-3-5-12(11)15)17-14(18)13-7-6-10(8-16)19-13/h2-5,9-10,13H,6-8,16H2,1H3,(H,17,18)/t9-,10?,13?/m1/s1. The van der Waals surface area contributed by atoms with Gasteiger partial charge in [0, 0.05) is 12.1 Å². The Morgan fingerprint density at radius 3 is 2.89 bits per heavy atom. The first kappa shape index (κ1) is 14.0. The zero-order chi connectivity index (χ0) is 13.8. The third-order valence-electron chi connectivity index (χ3n) is 3.39. The maximum atomic E-state index is 13.6. The largest absolute Gasteiger partial charge is 0.364 e. The van der Waals surface area contributed by atoms with E-state index in [-0.39, 0.29) is 23.9 Å². The smallest absolute Gasteiger partial charge is 0.249 e. The van der Waals surface area contributed by atoms with E-state index in [1.807, 2.05) is 0 Å². The SMILES string of the molecule is C[C@@H](NC(=O)C1CCC(CN)O1)c1ccccc1F. The molecule has 1 aromatic rings. The number of carbonyl (C=O) groups is 1. The molecular weight excluding hydrogens is 247 g/mol. The van der Waals surface area contributed by atoms with Gasteiger partial charge in [0.2, 0.25) is 5.91 Å². The van der Waals surface area contributed by atoms with Crippen LogP contribution in [0.4, 0.5) is 4.39 Å². The van der Waals surface area contributed by atoms with Crippen molar-refractivity contribution < 1.29 is 13.9 Å². The number of hydrogen-bond donors (Lipinski definition) is 2. The summed E-state index contributed by atoms with van der Waals surface area (Å²) in [6, 6.07) is 6.04. The lowest BCUT2D eigenvalue weighted by atomic mass is 10.1. The van der Waals surface area contributed by atoms with Crippen LogP contribution >= 0.6 is 0 Å². The quantitative estimate of drug-likeness (QED) is 0.868. The van der Waals surface area contributed by atoms with Gasteiger partial charge in [-0.1, -0.05) is 18.2 Å². The van der Waals surface area contributed by atoms with E-state index in [0.29, 0.717) is 18.5 Å². The lowest BCUT2D eigenvalue weighted by Gasteiger charge is -2.18. The molecule has 19 heavy (non-hydrogen) atoms. The second kappa shape index (κ2) is 6.12. The summed E-state index contributed by atoms with van der Waals surface area (Å²) in [5.41, 5.74) is 5.98.